The van der Waals surface area contributed by atoms with Crippen LogP contribution in [0.2, 0.25) is 0 Å². The molecule has 0 saturated carbocycles. The minimum absolute atomic E-state index is 0.322. The van der Waals surface area contributed by atoms with Crippen molar-refractivity contribution in [2.24, 2.45) is 0 Å². The molecular formula is C19H21FN2O4S. The monoisotopic (exact) mass is 392 g/mol. The fourth-order valence-corrected chi connectivity index (χ4v) is 4.06. The molecule has 3 rings (SSSR count). The summed E-state index contributed by atoms with van der Waals surface area (Å²) in [6, 6.07) is 11.4. The van der Waals surface area contributed by atoms with E-state index in [1.807, 2.05) is 24.3 Å². The van der Waals surface area contributed by atoms with Crippen LogP contribution in [0.15, 0.2) is 48.5 Å². The molecular weight excluding hydrogens is 371 g/mol. The van der Waals surface area contributed by atoms with Gasteiger partial charge in [-0.3, -0.25) is 4.79 Å². The van der Waals surface area contributed by atoms with Gasteiger partial charge in [-0.1, -0.05) is 36.4 Å². The first-order valence-corrected chi connectivity index (χ1v) is 10.3. The van der Waals surface area contributed by atoms with Gasteiger partial charge in [-0.2, -0.15) is 4.72 Å². The number of halogens is 1. The van der Waals surface area contributed by atoms with Crippen LogP contribution in [-0.2, 0) is 26.0 Å². The van der Waals surface area contributed by atoms with Crippen LogP contribution in [0.3, 0.4) is 0 Å². The topological polar surface area (TPSA) is 84.5 Å². The minimum atomic E-state index is -3.67. The summed E-state index contributed by atoms with van der Waals surface area (Å²) in [5, 5.41) is 2.88. The predicted molar refractivity (Wildman–Crippen MR) is 98.9 cm³/mol. The number of fused-ring (bicyclic) bond motifs is 1. The fraction of sp³-hybridized carbons (Fsp3) is 0.316. The molecule has 0 bridgehead atoms. The first-order chi connectivity index (χ1) is 12.8. The summed E-state index contributed by atoms with van der Waals surface area (Å²) in [6.45, 7) is 0. The molecule has 0 unspecified atom stereocenters. The molecule has 0 spiro atoms. The molecule has 2 aromatic rings. The van der Waals surface area contributed by atoms with Gasteiger partial charge in [0.1, 0.15) is 18.0 Å². The Morgan fingerprint density at radius 1 is 1.19 bits per heavy atom. The van der Waals surface area contributed by atoms with Gasteiger partial charge in [-0.25, -0.2) is 12.8 Å². The average molecular weight is 392 g/mol. The van der Waals surface area contributed by atoms with E-state index in [2.05, 4.69) is 10.0 Å². The summed E-state index contributed by atoms with van der Waals surface area (Å²) in [4.78, 5) is 12.9. The zero-order valence-electron chi connectivity index (χ0n) is 15.0. The maximum absolute atomic E-state index is 13.2. The number of amides is 1. The molecule has 0 aliphatic heterocycles. The van der Waals surface area contributed by atoms with Crippen molar-refractivity contribution in [1.29, 1.82) is 0 Å². The van der Waals surface area contributed by atoms with Gasteiger partial charge in [0.25, 0.3) is 0 Å². The molecule has 0 radical (unpaired) electrons. The second-order valence-electron chi connectivity index (χ2n) is 6.55. The standard InChI is InChI=1S/C19H21FN2O4S/c1-26-18-15-6-4-3-5-13(15)11-16(18)21-19(23)17(22-27(2,24)25)12-7-9-14(20)10-8-12/h3-10,16-18,22H,11H2,1-2H3,(H,21,23)/t16-,17-,18-/m0/s1. The molecule has 3 atom stereocenters. The Kier molecular flexibility index (Phi) is 5.59. The van der Waals surface area contributed by atoms with E-state index in [9.17, 15) is 17.6 Å². The molecule has 2 N–H and O–H groups in total. The van der Waals surface area contributed by atoms with Crippen LogP contribution in [-0.4, -0.2) is 33.7 Å². The van der Waals surface area contributed by atoms with Crippen LogP contribution in [0.5, 0.6) is 0 Å². The van der Waals surface area contributed by atoms with Gasteiger partial charge >= 0.3 is 0 Å². The van der Waals surface area contributed by atoms with E-state index in [-0.39, 0.29) is 12.1 Å². The summed E-state index contributed by atoms with van der Waals surface area (Å²) in [5.41, 5.74) is 2.42. The number of carbonyl (C=O) groups excluding carboxylic acids is 1. The average Bonchev–Trinajstić information content (AvgIpc) is 2.96. The number of nitrogens with one attached hydrogen (secondary N) is 2. The highest BCUT2D eigenvalue weighted by molar-refractivity contribution is 7.88. The molecule has 0 aromatic heterocycles. The Balaban J connectivity index is 1.83. The van der Waals surface area contributed by atoms with Crippen molar-refractivity contribution < 1.29 is 22.3 Å². The molecule has 1 aliphatic rings. The van der Waals surface area contributed by atoms with Gasteiger partial charge in [0.2, 0.25) is 15.9 Å². The summed E-state index contributed by atoms with van der Waals surface area (Å²) < 4.78 is 44.5. The van der Waals surface area contributed by atoms with Crippen molar-refractivity contribution in [3.63, 3.8) is 0 Å². The third-order valence-corrected chi connectivity index (χ3v) is 5.21. The summed E-state index contributed by atoms with van der Waals surface area (Å²) in [6.07, 6.45) is 1.23. The number of hydrogen-bond donors (Lipinski definition) is 2. The minimum Gasteiger partial charge on any atom is -0.375 e. The van der Waals surface area contributed by atoms with Crippen molar-refractivity contribution in [3.05, 3.63) is 71.0 Å². The number of benzene rings is 2. The van der Waals surface area contributed by atoms with E-state index >= 15 is 0 Å². The Morgan fingerprint density at radius 2 is 1.85 bits per heavy atom. The van der Waals surface area contributed by atoms with Crippen LogP contribution in [0.25, 0.3) is 0 Å². The normalized spacial score (nSPS) is 20.1. The Morgan fingerprint density at radius 3 is 2.48 bits per heavy atom. The quantitative estimate of drug-likeness (QED) is 0.786. The van der Waals surface area contributed by atoms with Crippen molar-refractivity contribution in [3.8, 4) is 0 Å². The molecule has 2 aromatic carbocycles. The Labute approximate surface area is 157 Å². The molecule has 0 heterocycles. The summed E-state index contributed by atoms with van der Waals surface area (Å²) in [5.74, 6) is -0.991. The van der Waals surface area contributed by atoms with Gasteiger partial charge < -0.3 is 10.1 Å². The number of rotatable bonds is 6. The van der Waals surface area contributed by atoms with Gasteiger partial charge in [0, 0.05) is 7.11 Å². The third kappa shape index (κ3) is 4.52. The molecule has 8 heteroatoms. The zero-order valence-corrected chi connectivity index (χ0v) is 15.8. The van der Waals surface area contributed by atoms with E-state index in [0.29, 0.717) is 12.0 Å². The predicted octanol–water partition coefficient (Wildman–Crippen LogP) is 1.84. The van der Waals surface area contributed by atoms with Crippen LogP contribution >= 0.6 is 0 Å². The van der Waals surface area contributed by atoms with Crippen LogP contribution in [0, 0.1) is 5.82 Å². The summed E-state index contributed by atoms with van der Waals surface area (Å²) >= 11 is 0. The fourth-order valence-electron chi connectivity index (χ4n) is 3.38. The number of ether oxygens (including phenoxy) is 1. The molecule has 27 heavy (non-hydrogen) atoms. The highest BCUT2D eigenvalue weighted by Crippen LogP contribution is 2.34. The van der Waals surface area contributed by atoms with E-state index in [1.165, 1.54) is 24.3 Å². The van der Waals surface area contributed by atoms with E-state index in [0.717, 1.165) is 17.4 Å². The maximum atomic E-state index is 13.2. The molecule has 1 amide bonds. The van der Waals surface area contributed by atoms with Gasteiger partial charge in [-0.05, 0) is 35.2 Å². The second kappa shape index (κ2) is 7.75. The van der Waals surface area contributed by atoms with E-state index in [1.54, 1.807) is 7.11 Å². The number of sulfonamides is 1. The van der Waals surface area contributed by atoms with E-state index in [4.69, 9.17) is 4.74 Å². The molecule has 6 nitrogen and oxygen atoms in total. The van der Waals surface area contributed by atoms with Crippen LogP contribution in [0.1, 0.15) is 28.8 Å². The SMILES string of the molecule is CO[C@H]1c2ccccc2C[C@@H]1NC(=O)[C@@H](NS(C)(=O)=O)c1ccc(F)cc1. The van der Waals surface area contributed by atoms with Gasteiger partial charge in [0.05, 0.1) is 12.3 Å². The largest absolute Gasteiger partial charge is 0.375 e. The van der Waals surface area contributed by atoms with Crippen molar-refractivity contribution in [1.82, 2.24) is 10.0 Å². The van der Waals surface area contributed by atoms with E-state index < -0.39 is 27.8 Å². The Bertz CT molecular complexity index is 931. The second-order valence-corrected chi connectivity index (χ2v) is 8.33. The molecule has 144 valence electrons. The molecule has 0 fully saturated rings. The third-order valence-electron chi connectivity index (χ3n) is 4.55. The lowest BCUT2D eigenvalue weighted by atomic mass is 10.1. The maximum Gasteiger partial charge on any atom is 0.243 e. The van der Waals surface area contributed by atoms with Gasteiger partial charge in [0.15, 0.2) is 0 Å². The Hall–Kier alpha value is -2.29. The van der Waals surface area contributed by atoms with Crippen LogP contribution in [0.4, 0.5) is 4.39 Å². The number of methoxy groups -OCH3 is 1. The number of hydrogen-bond acceptors (Lipinski definition) is 4. The first-order valence-electron chi connectivity index (χ1n) is 8.42. The molecule has 1 aliphatic carbocycles. The van der Waals surface area contributed by atoms with Crippen LogP contribution < -0.4 is 10.0 Å². The smallest absolute Gasteiger partial charge is 0.243 e. The van der Waals surface area contributed by atoms with Crippen molar-refractivity contribution in [2.75, 3.05) is 13.4 Å². The summed E-state index contributed by atoms with van der Waals surface area (Å²) in [7, 11) is -2.10. The zero-order chi connectivity index (χ0) is 19.6. The molecule has 0 saturated heterocycles. The first kappa shape index (κ1) is 19.5. The lowest BCUT2D eigenvalue weighted by molar-refractivity contribution is -0.124. The highest BCUT2D eigenvalue weighted by atomic mass is 32.2. The number of carbonyl (C=O) groups is 1. The highest BCUT2D eigenvalue weighted by Gasteiger charge is 2.35. The van der Waals surface area contributed by atoms with Gasteiger partial charge in [-0.15, -0.1) is 0 Å². The van der Waals surface area contributed by atoms with Crippen molar-refractivity contribution in [2.45, 2.75) is 24.6 Å². The lowest BCUT2D eigenvalue weighted by Crippen LogP contribution is -2.45. The van der Waals surface area contributed by atoms with Crippen molar-refractivity contribution >= 4 is 15.9 Å². The lowest BCUT2D eigenvalue weighted by Gasteiger charge is -2.24.